The first-order valence-electron chi connectivity index (χ1n) is 10.0. The minimum absolute atomic E-state index is 0.0997. The molecule has 0 unspecified atom stereocenters. The van der Waals surface area contributed by atoms with Crippen molar-refractivity contribution in [3.05, 3.63) is 47.0 Å². The zero-order valence-corrected chi connectivity index (χ0v) is 18.2. The van der Waals surface area contributed by atoms with Crippen molar-refractivity contribution in [1.29, 1.82) is 0 Å². The molecular formula is C23H29N3O4. The van der Waals surface area contributed by atoms with Gasteiger partial charge < -0.3 is 20.1 Å². The van der Waals surface area contributed by atoms with Gasteiger partial charge in [0.1, 0.15) is 13.2 Å². The fraction of sp³-hybridized carbons (Fsp3) is 0.391. The molecule has 0 bridgehead atoms. The summed E-state index contributed by atoms with van der Waals surface area (Å²) >= 11 is 0. The molecule has 0 saturated heterocycles. The molecule has 30 heavy (non-hydrogen) atoms. The smallest absolute Gasteiger partial charge is 0.241 e. The third-order valence-corrected chi connectivity index (χ3v) is 5.18. The van der Waals surface area contributed by atoms with Crippen LogP contribution in [0.1, 0.15) is 23.6 Å². The van der Waals surface area contributed by atoms with Crippen molar-refractivity contribution in [3.8, 4) is 11.5 Å². The quantitative estimate of drug-likeness (QED) is 0.763. The Labute approximate surface area is 177 Å². The van der Waals surface area contributed by atoms with Gasteiger partial charge in [-0.2, -0.15) is 0 Å². The molecule has 2 aromatic carbocycles. The summed E-state index contributed by atoms with van der Waals surface area (Å²) in [5, 5.41) is 5.84. The maximum Gasteiger partial charge on any atom is 0.241 e. The maximum atomic E-state index is 12.7. The second-order valence-corrected chi connectivity index (χ2v) is 7.76. The van der Waals surface area contributed by atoms with Gasteiger partial charge in [0, 0.05) is 17.4 Å². The number of fused-ring (bicyclic) bond motifs is 1. The molecule has 0 spiro atoms. The first kappa shape index (κ1) is 21.6. The highest BCUT2D eigenvalue weighted by Crippen LogP contribution is 2.32. The van der Waals surface area contributed by atoms with Crippen LogP contribution in [0.2, 0.25) is 0 Å². The fourth-order valence-corrected chi connectivity index (χ4v) is 3.49. The number of nitrogens with zero attached hydrogens (tertiary/aromatic N) is 1. The molecule has 7 heteroatoms. The molecule has 0 radical (unpaired) electrons. The summed E-state index contributed by atoms with van der Waals surface area (Å²) in [6, 6.07) is 8.87. The van der Waals surface area contributed by atoms with E-state index in [4.69, 9.17) is 9.47 Å². The van der Waals surface area contributed by atoms with Crippen LogP contribution in [0.4, 0.5) is 11.4 Å². The molecule has 1 aliphatic heterocycles. The summed E-state index contributed by atoms with van der Waals surface area (Å²) in [7, 11) is 1.75. The highest BCUT2D eigenvalue weighted by atomic mass is 16.6. The third kappa shape index (κ3) is 5.10. The van der Waals surface area contributed by atoms with Crippen molar-refractivity contribution in [2.24, 2.45) is 0 Å². The SMILES string of the molecule is Cc1cc(C)c(NC(=O)CN(C)[C@H](C)C(=O)Nc2ccc3c(c2)OCCO3)c(C)c1. The van der Waals surface area contributed by atoms with E-state index in [0.29, 0.717) is 30.4 Å². The van der Waals surface area contributed by atoms with Gasteiger partial charge in [-0.1, -0.05) is 17.7 Å². The average Bonchev–Trinajstić information content (AvgIpc) is 2.69. The number of benzene rings is 2. The van der Waals surface area contributed by atoms with Crippen LogP contribution in [0.3, 0.4) is 0 Å². The van der Waals surface area contributed by atoms with E-state index in [0.717, 1.165) is 22.4 Å². The highest BCUT2D eigenvalue weighted by Gasteiger charge is 2.22. The average molecular weight is 412 g/mol. The lowest BCUT2D eigenvalue weighted by atomic mass is 10.1. The van der Waals surface area contributed by atoms with E-state index < -0.39 is 6.04 Å². The van der Waals surface area contributed by atoms with E-state index in [1.54, 1.807) is 37.1 Å². The predicted molar refractivity (Wildman–Crippen MR) is 117 cm³/mol. The number of hydrogen-bond donors (Lipinski definition) is 2. The monoisotopic (exact) mass is 411 g/mol. The van der Waals surface area contributed by atoms with Gasteiger partial charge in [0.2, 0.25) is 11.8 Å². The van der Waals surface area contributed by atoms with Gasteiger partial charge in [-0.3, -0.25) is 14.5 Å². The zero-order valence-electron chi connectivity index (χ0n) is 18.2. The normalized spacial score (nSPS) is 13.7. The number of hydrogen-bond acceptors (Lipinski definition) is 5. The minimum atomic E-state index is -0.496. The minimum Gasteiger partial charge on any atom is -0.486 e. The maximum absolute atomic E-state index is 12.7. The number of amides is 2. The van der Waals surface area contributed by atoms with Gasteiger partial charge in [0.25, 0.3) is 0 Å². The van der Waals surface area contributed by atoms with Gasteiger partial charge in [0.15, 0.2) is 11.5 Å². The van der Waals surface area contributed by atoms with Crippen molar-refractivity contribution in [1.82, 2.24) is 4.90 Å². The van der Waals surface area contributed by atoms with Crippen LogP contribution in [0.15, 0.2) is 30.3 Å². The van der Waals surface area contributed by atoms with E-state index in [1.807, 2.05) is 32.9 Å². The van der Waals surface area contributed by atoms with E-state index in [9.17, 15) is 9.59 Å². The molecule has 1 aliphatic rings. The van der Waals surface area contributed by atoms with E-state index in [2.05, 4.69) is 10.6 Å². The van der Waals surface area contributed by atoms with Gasteiger partial charge in [-0.25, -0.2) is 0 Å². The Hall–Kier alpha value is -3.06. The van der Waals surface area contributed by atoms with Crippen LogP contribution in [0.5, 0.6) is 11.5 Å². The van der Waals surface area contributed by atoms with Gasteiger partial charge in [0.05, 0.1) is 12.6 Å². The van der Waals surface area contributed by atoms with Gasteiger partial charge in [-0.05, 0) is 58.0 Å². The Bertz CT molecular complexity index is 934. The Morgan fingerprint density at radius 3 is 2.30 bits per heavy atom. The number of nitrogens with one attached hydrogen (secondary N) is 2. The first-order valence-corrected chi connectivity index (χ1v) is 10.0. The molecule has 0 aromatic heterocycles. The van der Waals surface area contributed by atoms with Crippen molar-refractivity contribution < 1.29 is 19.1 Å². The second-order valence-electron chi connectivity index (χ2n) is 7.76. The molecule has 0 saturated carbocycles. The molecule has 1 heterocycles. The molecule has 2 aromatic rings. The molecule has 2 N–H and O–H groups in total. The Balaban J connectivity index is 1.58. The third-order valence-electron chi connectivity index (χ3n) is 5.18. The number of ether oxygens (including phenoxy) is 2. The number of aryl methyl sites for hydroxylation is 3. The lowest BCUT2D eigenvalue weighted by Crippen LogP contribution is -2.43. The lowest BCUT2D eigenvalue weighted by molar-refractivity contribution is -0.122. The Morgan fingerprint density at radius 2 is 1.63 bits per heavy atom. The summed E-state index contributed by atoms with van der Waals surface area (Å²) in [5.74, 6) is 0.919. The van der Waals surface area contributed by atoms with E-state index in [-0.39, 0.29) is 18.4 Å². The summed E-state index contributed by atoms with van der Waals surface area (Å²) in [6.07, 6.45) is 0. The molecule has 7 nitrogen and oxygen atoms in total. The topological polar surface area (TPSA) is 79.9 Å². The van der Waals surface area contributed by atoms with Gasteiger partial charge >= 0.3 is 0 Å². The van der Waals surface area contributed by atoms with Crippen LogP contribution in [0.25, 0.3) is 0 Å². The summed E-state index contributed by atoms with van der Waals surface area (Å²) < 4.78 is 11.0. The molecule has 160 valence electrons. The predicted octanol–water partition coefficient (Wildman–Crippen LogP) is 3.28. The fourth-order valence-electron chi connectivity index (χ4n) is 3.49. The molecule has 0 fully saturated rings. The standard InChI is InChI=1S/C23H29N3O4/c1-14-10-15(2)22(16(3)11-14)25-21(27)13-26(5)17(4)23(28)24-18-6-7-19-20(12-18)30-9-8-29-19/h6-7,10-12,17H,8-9,13H2,1-5H3,(H,24,28)(H,25,27)/t17-/m1/s1. The summed E-state index contributed by atoms with van der Waals surface area (Å²) in [6.45, 7) is 8.85. The van der Waals surface area contributed by atoms with Crippen molar-refractivity contribution in [2.45, 2.75) is 33.7 Å². The number of carbonyl (C=O) groups excluding carboxylic acids is 2. The first-order chi connectivity index (χ1) is 14.2. The molecule has 1 atom stereocenters. The van der Waals surface area contributed by atoms with Crippen LogP contribution >= 0.6 is 0 Å². The number of anilines is 2. The summed E-state index contributed by atoms with van der Waals surface area (Å²) in [4.78, 5) is 26.9. The molecular weight excluding hydrogens is 382 g/mol. The van der Waals surface area contributed by atoms with Crippen LogP contribution < -0.4 is 20.1 Å². The number of rotatable bonds is 6. The molecule has 3 rings (SSSR count). The van der Waals surface area contributed by atoms with Crippen LogP contribution in [-0.4, -0.2) is 49.6 Å². The Kier molecular flexibility index (Phi) is 6.62. The Morgan fingerprint density at radius 1 is 1.00 bits per heavy atom. The van der Waals surface area contributed by atoms with Crippen molar-refractivity contribution in [3.63, 3.8) is 0 Å². The van der Waals surface area contributed by atoms with E-state index >= 15 is 0 Å². The van der Waals surface area contributed by atoms with Gasteiger partial charge in [-0.15, -0.1) is 0 Å². The second kappa shape index (κ2) is 9.17. The molecule has 0 aliphatic carbocycles. The molecule has 2 amide bonds. The van der Waals surface area contributed by atoms with Crippen LogP contribution in [-0.2, 0) is 9.59 Å². The highest BCUT2D eigenvalue weighted by molar-refractivity contribution is 5.97. The number of likely N-dealkylation sites (N-methyl/N-ethyl adjacent to an activating group) is 1. The lowest BCUT2D eigenvalue weighted by Gasteiger charge is -2.24. The number of carbonyl (C=O) groups is 2. The van der Waals surface area contributed by atoms with Crippen LogP contribution in [0, 0.1) is 20.8 Å². The zero-order chi connectivity index (χ0) is 21.8. The van der Waals surface area contributed by atoms with Crippen molar-refractivity contribution >= 4 is 23.2 Å². The van der Waals surface area contributed by atoms with Crippen molar-refractivity contribution in [2.75, 3.05) is 37.4 Å². The van der Waals surface area contributed by atoms with E-state index in [1.165, 1.54) is 0 Å². The summed E-state index contributed by atoms with van der Waals surface area (Å²) in [5.41, 5.74) is 4.65. The largest absolute Gasteiger partial charge is 0.486 e.